The Kier molecular flexibility index (Phi) is 7.42. The van der Waals surface area contributed by atoms with Crippen LogP contribution in [0.25, 0.3) is 0 Å². The van der Waals surface area contributed by atoms with Crippen molar-refractivity contribution in [3.63, 3.8) is 0 Å². The van der Waals surface area contributed by atoms with Gasteiger partial charge >= 0.3 is 0 Å². The van der Waals surface area contributed by atoms with E-state index in [9.17, 15) is 4.79 Å². The van der Waals surface area contributed by atoms with E-state index in [-0.39, 0.29) is 5.91 Å². The van der Waals surface area contributed by atoms with Crippen LogP contribution < -0.4 is 4.74 Å². The Morgan fingerprint density at radius 2 is 1.70 bits per heavy atom. The summed E-state index contributed by atoms with van der Waals surface area (Å²) in [6.07, 6.45) is 2.26. The van der Waals surface area contributed by atoms with Crippen molar-refractivity contribution in [3.05, 3.63) is 64.6 Å². The molecule has 0 aliphatic carbocycles. The summed E-state index contributed by atoms with van der Waals surface area (Å²) in [5.41, 5.74) is 0.780. The Morgan fingerprint density at radius 1 is 0.967 bits per heavy atom. The van der Waals surface area contributed by atoms with Gasteiger partial charge in [-0.3, -0.25) is 14.6 Å². The van der Waals surface area contributed by atoms with Crippen LogP contribution >= 0.6 is 15.9 Å². The molecule has 0 N–H and O–H groups in total. The number of carbonyl (C=O) groups excluding carboxylic acids is 1. The number of hydrogen-bond donors (Lipinski definition) is 0. The molecular weight excluding hydrogens is 442 g/mol. The summed E-state index contributed by atoms with van der Waals surface area (Å²) in [7, 11) is 0. The summed E-state index contributed by atoms with van der Waals surface area (Å²) in [5, 5.41) is 0. The third kappa shape index (κ3) is 5.62. The zero-order valence-corrected chi connectivity index (χ0v) is 19.0. The van der Waals surface area contributed by atoms with Gasteiger partial charge in [0.1, 0.15) is 12.4 Å². The van der Waals surface area contributed by atoms with Crippen molar-refractivity contribution in [2.75, 3.05) is 52.4 Å². The molecule has 5 nitrogen and oxygen atoms in total. The molecule has 4 rings (SSSR count). The van der Waals surface area contributed by atoms with Crippen LogP contribution in [-0.2, 0) is 0 Å². The predicted octanol–water partition coefficient (Wildman–Crippen LogP) is 3.75. The second-order valence-corrected chi connectivity index (χ2v) is 9.01. The maximum atomic E-state index is 12.9. The van der Waals surface area contributed by atoms with E-state index in [1.165, 1.54) is 6.42 Å². The van der Waals surface area contributed by atoms with Crippen molar-refractivity contribution in [3.8, 4) is 5.75 Å². The number of benzene rings is 2. The van der Waals surface area contributed by atoms with E-state index in [4.69, 9.17) is 4.74 Å². The number of hydrogen-bond acceptors (Lipinski definition) is 4. The average Bonchev–Trinajstić information content (AvgIpc) is 2.80. The Morgan fingerprint density at radius 3 is 2.43 bits per heavy atom. The molecule has 6 heteroatoms. The number of para-hydroxylation sites is 1. The number of piperazine rings is 1. The third-order valence-electron chi connectivity index (χ3n) is 6.12. The minimum Gasteiger partial charge on any atom is -0.492 e. The summed E-state index contributed by atoms with van der Waals surface area (Å²) in [6, 6.07) is 18.2. The Balaban J connectivity index is 1.22. The van der Waals surface area contributed by atoms with Gasteiger partial charge in [0.05, 0.1) is 0 Å². The lowest BCUT2D eigenvalue weighted by molar-refractivity contribution is 0.0399. The molecule has 1 amide bonds. The van der Waals surface area contributed by atoms with Crippen LogP contribution in [0.5, 0.6) is 5.75 Å². The maximum absolute atomic E-state index is 12.9. The number of piperidine rings is 1. The molecule has 0 saturated carbocycles. The zero-order valence-electron chi connectivity index (χ0n) is 17.4. The maximum Gasteiger partial charge on any atom is 0.253 e. The molecule has 0 aromatic heterocycles. The molecule has 30 heavy (non-hydrogen) atoms. The van der Waals surface area contributed by atoms with Gasteiger partial charge in [-0.15, -0.1) is 0 Å². The molecule has 2 heterocycles. The predicted molar refractivity (Wildman–Crippen MR) is 123 cm³/mol. The van der Waals surface area contributed by atoms with Gasteiger partial charge in [0, 0.05) is 61.9 Å². The lowest BCUT2D eigenvalue weighted by Crippen LogP contribution is -2.56. The SMILES string of the molecule is O=C(c1ccc(Br)cc1)N1CCCC(N2CCN(CCOc3ccccc3)CC2)C1. The second kappa shape index (κ2) is 10.4. The summed E-state index contributed by atoms with van der Waals surface area (Å²) in [4.78, 5) is 20.0. The Hall–Kier alpha value is -1.89. The molecule has 0 bridgehead atoms. The van der Waals surface area contributed by atoms with E-state index < -0.39 is 0 Å². The molecule has 2 aliphatic rings. The van der Waals surface area contributed by atoms with Crippen molar-refractivity contribution in [1.29, 1.82) is 0 Å². The molecule has 1 unspecified atom stereocenters. The van der Waals surface area contributed by atoms with Crippen molar-refractivity contribution >= 4 is 21.8 Å². The van der Waals surface area contributed by atoms with E-state index in [2.05, 4.69) is 25.7 Å². The lowest BCUT2D eigenvalue weighted by Gasteiger charge is -2.43. The Bertz CT molecular complexity index is 807. The highest BCUT2D eigenvalue weighted by atomic mass is 79.9. The summed E-state index contributed by atoms with van der Waals surface area (Å²) >= 11 is 3.44. The van der Waals surface area contributed by atoms with Crippen LogP contribution in [0.2, 0.25) is 0 Å². The van der Waals surface area contributed by atoms with Crippen molar-refractivity contribution in [2.45, 2.75) is 18.9 Å². The second-order valence-electron chi connectivity index (χ2n) is 8.09. The highest BCUT2D eigenvalue weighted by molar-refractivity contribution is 9.10. The summed E-state index contributed by atoms with van der Waals surface area (Å²) in [5.74, 6) is 1.10. The molecular formula is C24H30BrN3O2. The average molecular weight is 472 g/mol. The summed E-state index contributed by atoms with van der Waals surface area (Å²) in [6.45, 7) is 7.65. The van der Waals surface area contributed by atoms with Crippen LogP contribution in [0, 0.1) is 0 Å². The minimum absolute atomic E-state index is 0.156. The van der Waals surface area contributed by atoms with Crippen LogP contribution in [0.15, 0.2) is 59.1 Å². The third-order valence-corrected chi connectivity index (χ3v) is 6.65. The molecule has 2 saturated heterocycles. The van der Waals surface area contributed by atoms with Crippen LogP contribution in [0.3, 0.4) is 0 Å². The van der Waals surface area contributed by atoms with Gasteiger partial charge in [0.25, 0.3) is 5.91 Å². The molecule has 2 fully saturated rings. The topological polar surface area (TPSA) is 36.0 Å². The molecule has 0 spiro atoms. The smallest absolute Gasteiger partial charge is 0.253 e. The minimum atomic E-state index is 0.156. The van der Waals surface area contributed by atoms with Crippen LogP contribution in [0.4, 0.5) is 0 Å². The van der Waals surface area contributed by atoms with E-state index in [1.807, 2.05) is 59.5 Å². The quantitative estimate of drug-likeness (QED) is 0.642. The number of halogens is 1. The van der Waals surface area contributed by atoms with E-state index in [0.717, 1.165) is 74.6 Å². The van der Waals surface area contributed by atoms with Crippen LogP contribution in [-0.4, -0.2) is 79.1 Å². The number of amides is 1. The molecule has 160 valence electrons. The Labute approximate surface area is 187 Å². The van der Waals surface area contributed by atoms with E-state index >= 15 is 0 Å². The normalized spacial score (nSPS) is 20.8. The first-order chi connectivity index (χ1) is 14.7. The van der Waals surface area contributed by atoms with Gasteiger partial charge in [-0.05, 0) is 49.2 Å². The fourth-order valence-corrected chi connectivity index (χ4v) is 4.64. The van der Waals surface area contributed by atoms with E-state index in [1.54, 1.807) is 0 Å². The van der Waals surface area contributed by atoms with Gasteiger partial charge in [-0.25, -0.2) is 0 Å². The van der Waals surface area contributed by atoms with Gasteiger partial charge in [-0.2, -0.15) is 0 Å². The molecule has 2 aromatic rings. The fourth-order valence-electron chi connectivity index (χ4n) is 4.37. The van der Waals surface area contributed by atoms with Crippen molar-refractivity contribution in [2.24, 2.45) is 0 Å². The van der Waals surface area contributed by atoms with Crippen molar-refractivity contribution < 1.29 is 9.53 Å². The fraction of sp³-hybridized carbons (Fsp3) is 0.458. The monoisotopic (exact) mass is 471 g/mol. The highest BCUT2D eigenvalue weighted by Gasteiger charge is 2.30. The zero-order chi connectivity index (χ0) is 20.8. The first-order valence-corrected chi connectivity index (χ1v) is 11.7. The van der Waals surface area contributed by atoms with Gasteiger partial charge in [-0.1, -0.05) is 34.1 Å². The number of ether oxygens (including phenoxy) is 1. The van der Waals surface area contributed by atoms with Gasteiger partial charge < -0.3 is 9.64 Å². The first kappa shape index (κ1) is 21.3. The summed E-state index contributed by atoms with van der Waals surface area (Å²) < 4.78 is 6.84. The molecule has 0 radical (unpaired) electrons. The first-order valence-electron chi connectivity index (χ1n) is 10.9. The number of carbonyl (C=O) groups is 1. The molecule has 1 atom stereocenters. The molecule has 2 aromatic carbocycles. The standard InChI is InChI=1S/C24H30BrN3O2/c25-21-10-8-20(9-11-21)24(29)28-12-4-5-22(19-28)27-15-13-26(14-16-27)17-18-30-23-6-2-1-3-7-23/h1-3,6-11,22H,4-5,12-19H2. The van der Waals surface area contributed by atoms with Gasteiger partial charge in [0.2, 0.25) is 0 Å². The van der Waals surface area contributed by atoms with Crippen LogP contribution in [0.1, 0.15) is 23.2 Å². The largest absolute Gasteiger partial charge is 0.492 e. The lowest BCUT2D eigenvalue weighted by atomic mass is 10.0. The number of likely N-dealkylation sites (tertiary alicyclic amines) is 1. The van der Waals surface area contributed by atoms with Gasteiger partial charge in [0.15, 0.2) is 0 Å². The number of rotatable bonds is 6. The van der Waals surface area contributed by atoms with E-state index in [0.29, 0.717) is 6.04 Å². The highest BCUT2D eigenvalue weighted by Crippen LogP contribution is 2.20. The molecule has 2 aliphatic heterocycles. The number of nitrogens with zero attached hydrogens (tertiary/aromatic N) is 3. The van der Waals surface area contributed by atoms with Crippen molar-refractivity contribution in [1.82, 2.24) is 14.7 Å².